The van der Waals surface area contributed by atoms with Gasteiger partial charge in [0.15, 0.2) is 5.82 Å². The minimum Gasteiger partial charge on any atom is -0.297 e. The molecule has 158 valence electrons. The van der Waals surface area contributed by atoms with Crippen LogP contribution in [0, 0.1) is 0 Å². The fourth-order valence-corrected chi connectivity index (χ4v) is 4.16. The van der Waals surface area contributed by atoms with Gasteiger partial charge in [-0.1, -0.05) is 54.1 Å². The summed E-state index contributed by atoms with van der Waals surface area (Å²) in [5.74, 6) is 0.876. The number of halogens is 1. The third kappa shape index (κ3) is 4.72. The van der Waals surface area contributed by atoms with E-state index >= 15 is 0 Å². The summed E-state index contributed by atoms with van der Waals surface area (Å²) in [6, 6.07) is 18.7. The molecule has 7 heteroatoms. The molecule has 0 spiro atoms. The maximum Gasteiger partial charge on any atom is 0.173 e. The van der Waals surface area contributed by atoms with Crippen LogP contribution in [0.4, 0.5) is 0 Å². The van der Waals surface area contributed by atoms with Gasteiger partial charge in [-0.05, 0) is 54.5 Å². The van der Waals surface area contributed by atoms with E-state index < -0.39 is 0 Å². The van der Waals surface area contributed by atoms with Gasteiger partial charge in [-0.3, -0.25) is 9.80 Å². The van der Waals surface area contributed by atoms with Gasteiger partial charge in [0.2, 0.25) is 0 Å². The molecule has 0 amide bonds. The lowest BCUT2D eigenvalue weighted by molar-refractivity contribution is 0.0979. The van der Waals surface area contributed by atoms with Crippen molar-refractivity contribution in [3.8, 4) is 0 Å². The monoisotopic (exact) mass is 424 g/mol. The second-order valence-electron chi connectivity index (χ2n) is 8.87. The van der Waals surface area contributed by atoms with E-state index in [9.17, 15) is 0 Å². The van der Waals surface area contributed by atoms with Crippen molar-refractivity contribution in [2.24, 2.45) is 0 Å². The van der Waals surface area contributed by atoms with E-state index in [0.29, 0.717) is 0 Å². The van der Waals surface area contributed by atoms with Crippen LogP contribution in [-0.2, 0) is 12.1 Å². The van der Waals surface area contributed by atoms with Crippen molar-refractivity contribution in [1.29, 1.82) is 0 Å². The molecular formula is C23H29ClN6. The summed E-state index contributed by atoms with van der Waals surface area (Å²) in [4.78, 5) is 5.00. The largest absolute Gasteiger partial charge is 0.297 e. The minimum atomic E-state index is -0.196. The van der Waals surface area contributed by atoms with Crippen LogP contribution in [0.25, 0.3) is 0 Å². The molecule has 1 atom stereocenters. The van der Waals surface area contributed by atoms with Crippen molar-refractivity contribution in [2.75, 3.05) is 26.2 Å². The van der Waals surface area contributed by atoms with Crippen LogP contribution in [-0.4, -0.2) is 56.2 Å². The SMILES string of the molecule is CC(C)(C)n1nnnc1[C@H](c1ccc(Cl)cc1)N1CCN(Cc2ccccc2)CC1. The molecule has 0 aliphatic carbocycles. The third-order valence-electron chi connectivity index (χ3n) is 5.58. The maximum atomic E-state index is 6.16. The zero-order valence-electron chi connectivity index (χ0n) is 17.9. The second kappa shape index (κ2) is 8.84. The Morgan fingerprint density at radius 1 is 0.933 bits per heavy atom. The molecule has 3 aromatic rings. The van der Waals surface area contributed by atoms with Gasteiger partial charge in [0.05, 0.1) is 11.6 Å². The summed E-state index contributed by atoms with van der Waals surface area (Å²) < 4.78 is 1.95. The average molecular weight is 425 g/mol. The van der Waals surface area contributed by atoms with Crippen LogP contribution in [0.3, 0.4) is 0 Å². The van der Waals surface area contributed by atoms with E-state index in [1.807, 2.05) is 16.8 Å². The van der Waals surface area contributed by atoms with Gasteiger partial charge in [0, 0.05) is 37.7 Å². The fourth-order valence-electron chi connectivity index (χ4n) is 4.03. The summed E-state index contributed by atoms with van der Waals surface area (Å²) in [7, 11) is 0. The highest BCUT2D eigenvalue weighted by Crippen LogP contribution is 2.31. The summed E-state index contributed by atoms with van der Waals surface area (Å²) in [6.45, 7) is 11.3. The van der Waals surface area contributed by atoms with E-state index in [2.05, 4.69) is 88.6 Å². The number of hydrogen-bond acceptors (Lipinski definition) is 5. The molecule has 1 saturated heterocycles. The van der Waals surface area contributed by atoms with Crippen molar-refractivity contribution in [3.63, 3.8) is 0 Å². The standard InChI is InChI=1S/C23H29ClN6/c1-23(2,3)30-22(25-26-27-30)21(19-9-11-20(24)12-10-19)29-15-13-28(14-16-29)17-18-7-5-4-6-8-18/h4-12,21H,13-17H2,1-3H3/t21-/m0/s1. The highest BCUT2D eigenvalue weighted by Gasteiger charge is 2.33. The molecule has 0 radical (unpaired) electrons. The molecule has 6 nitrogen and oxygen atoms in total. The van der Waals surface area contributed by atoms with Crippen LogP contribution in [0.2, 0.25) is 5.02 Å². The van der Waals surface area contributed by atoms with E-state index in [0.717, 1.165) is 49.1 Å². The molecule has 0 unspecified atom stereocenters. The van der Waals surface area contributed by atoms with Crippen LogP contribution in [0.5, 0.6) is 0 Å². The summed E-state index contributed by atoms with van der Waals surface area (Å²) in [6.07, 6.45) is 0. The summed E-state index contributed by atoms with van der Waals surface area (Å²) in [5.41, 5.74) is 2.33. The number of aromatic nitrogens is 4. The molecule has 1 aliphatic rings. The molecule has 2 aromatic carbocycles. The molecule has 4 rings (SSSR count). The first-order valence-corrected chi connectivity index (χ1v) is 10.8. The minimum absolute atomic E-state index is 0.00429. The van der Waals surface area contributed by atoms with Gasteiger partial charge < -0.3 is 0 Å². The number of tetrazole rings is 1. The van der Waals surface area contributed by atoms with Crippen LogP contribution >= 0.6 is 11.6 Å². The Morgan fingerprint density at radius 3 is 2.23 bits per heavy atom. The highest BCUT2D eigenvalue weighted by atomic mass is 35.5. The van der Waals surface area contributed by atoms with Crippen molar-refractivity contribution in [1.82, 2.24) is 30.0 Å². The van der Waals surface area contributed by atoms with E-state index in [4.69, 9.17) is 11.6 Å². The Hall–Kier alpha value is -2.28. The molecule has 30 heavy (non-hydrogen) atoms. The molecule has 0 bridgehead atoms. The Morgan fingerprint density at radius 2 is 1.60 bits per heavy atom. The number of rotatable bonds is 5. The summed E-state index contributed by atoms with van der Waals surface area (Å²) >= 11 is 6.16. The number of piperazine rings is 1. The molecule has 0 saturated carbocycles. The van der Waals surface area contributed by atoms with Gasteiger partial charge in [0.1, 0.15) is 0 Å². The smallest absolute Gasteiger partial charge is 0.173 e. The molecule has 1 aliphatic heterocycles. The van der Waals surface area contributed by atoms with Gasteiger partial charge >= 0.3 is 0 Å². The lowest BCUT2D eigenvalue weighted by Gasteiger charge is -2.39. The maximum absolute atomic E-state index is 6.16. The quantitative estimate of drug-likeness (QED) is 0.619. The van der Waals surface area contributed by atoms with Gasteiger partial charge in [0.25, 0.3) is 0 Å². The topological polar surface area (TPSA) is 50.1 Å². The molecular weight excluding hydrogens is 396 g/mol. The van der Waals surface area contributed by atoms with Crippen LogP contribution in [0.15, 0.2) is 54.6 Å². The zero-order valence-corrected chi connectivity index (χ0v) is 18.6. The normalized spacial score (nSPS) is 17.2. The van der Waals surface area contributed by atoms with Crippen molar-refractivity contribution >= 4 is 11.6 Å². The average Bonchev–Trinajstić information content (AvgIpc) is 3.22. The van der Waals surface area contributed by atoms with Crippen LogP contribution < -0.4 is 0 Å². The van der Waals surface area contributed by atoms with Crippen molar-refractivity contribution in [3.05, 3.63) is 76.6 Å². The Labute approximate surface area is 183 Å². The lowest BCUT2D eigenvalue weighted by atomic mass is 10.0. The number of nitrogens with zero attached hydrogens (tertiary/aromatic N) is 6. The zero-order chi connectivity index (χ0) is 21.1. The van der Waals surface area contributed by atoms with Crippen molar-refractivity contribution in [2.45, 2.75) is 38.9 Å². The van der Waals surface area contributed by atoms with Crippen LogP contribution in [0.1, 0.15) is 43.8 Å². The van der Waals surface area contributed by atoms with E-state index in [1.165, 1.54) is 5.56 Å². The van der Waals surface area contributed by atoms with Gasteiger partial charge in [-0.2, -0.15) is 0 Å². The Kier molecular flexibility index (Phi) is 6.18. The summed E-state index contributed by atoms with van der Waals surface area (Å²) in [5, 5.41) is 13.5. The predicted molar refractivity (Wildman–Crippen MR) is 119 cm³/mol. The molecule has 0 N–H and O–H groups in total. The number of hydrogen-bond donors (Lipinski definition) is 0. The fraction of sp³-hybridized carbons (Fsp3) is 0.435. The Bertz CT molecular complexity index is 940. The Balaban J connectivity index is 1.57. The first-order valence-electron chi connectivity index (χ1n) is 10.5. The third-order valence-corrected chi connectivity index (χ3v) is 5.83. The highest BCUT2D eigenvalue weighted by molar-refractivity contribution is 6.30. The lowest BCUT2D eigenvalue weighted by Crippen LogP contribution is -2.48. The molecule has 1 fully saturated rings. The first-order chi connectivity index (χ1) is 14.4. The van der Waals surface area contributed by atoms with Crippen molar-refractivity contribution < 1.29 is 0 Å². The second-order valence-corrected chi connectivity index (χ2v) is 9.31. The first kappa shape index (κ1) is 21.0. The van der Waals surface area contributed by atoms with Gasteiger partial charge in [-0.15, -0.1) is 5.10 Å². The van der Waals surface area contributed by atoms with Gasteiger partial charge in [-0.25, -0.2) is 4.68 Å². The van der Waals surface area contributed by atoms with E-state index in [1.54, 1.807) is 0 Å². The predicted octanol–water partition coefficient (Wildman–Crippen LogP) is 3.99. The molecule has 2 heterocycles. The number of benzene rings is 2. The van der Waals surface area contributed by atoms with E-state index in [-0.39, 0.29) is 11.6 Å². The molecule has 1 aromatic heterocycles.